The third-order valence-electron chi connectivity index (χ3n) is 2.16. The monoisotopic (exact) mass is 299 g/mol. The van der Waals surface area contributed by atoms with Gasteiger partial charge in [-0.3, -0.25) is 0 Å². The summed E-state index contributed by atoms with van der Waals surface area (Å²) in [6.07, 6.45) is 0. The van der Waals surface area contributed by atoms with E-state index >= 15 is 0 Å². The molecule has 2 aromatic rings. The second-order valence-electron chi connectivity index (χ2n) is 3.05. The second kappa shape index (κ2) is 4.84. The molecule has 0 aliphatic rings. The highest BCUT2D eigenvalue weighted by Crippen LogP contribution is 2.34. The number of ether oxygens (including phenoxy) is 2. The average Bonchev–Trinajstić information content (AvgIpc) is 2.74. The van der Waals surface area contributed by atoms with E-state index in [0.29, 0.717) is 0 Å². The van der Waals surface area contributed by atoms with E-state index in [0.717, 1.165) is 26.7 Å². The fourth-order valence-electron chi connectivity index (χ4n) is 1.39. The van der Waals surface area contributed by atoms with E-state index in [1.54, 1.807) is 25.6 Å². The highest BCUT2D eigenvalue weighted by Gasteiger charge is 2.10. The van der Waals surface area contributed by atoms with Gasteiger partial charge in [-0.05, 0) is 28.1 Å². The number of aromatic nitrogens is 1. The number of thiazole rings is 1. The molecule has 16 heavy (non-hydrogen) atoms. The normalized spacial score (nSPS) is 10.2. The molecule has 0 spiro atoms. The molecule has 5 heteroatoms. The predicted octanol–water partition coefficient (Wildman–Crippen LogP) is 3.59. The van der Waals surface area contributed by atoms with Crippen LogP contribution in [0.5, 0.6) is 11.5 Å². The lowest BCUT2D eigenvalue weighted by Gasteiger charge is -2.08. The van der Waals surface area contributed by atoms with E-state index in [4.69, 9.17) is 9.47 Å². The van der Waals surface area contributed by atoms with Crippen LogP contribution in [0.3, 0.4) is 0 Å². The highest BCUT2D eigenvalue weighted by atomic mass is 79.9. The quantitative estimate of drug-likeness (QED) is 0.868. The maximum Gasteiger partial charge on any atom is 0.159 e. The molecule has 0 bridgehead atoms. The number of methoxy groups -OCH3 is 2. The van der Waals surface area contributed by atoms with Gasteiger partial charge < -0.3 is 9.47 Å². The van der Waals surface area contributed by atoms with E-state index < -0.39 is 0 Å². The van der Waals surface area contributed by atoms with Crippen molar-refractivity contribution >= 4 is 27.3 Å². The van der Waals surface area contributed by atoms with Crippen molar-refractivity contribution < 1.29 is 9.47 Å². The molecule has 84 valence electrons. The summed E-state index contributed by atoms with van der Waals surface area (Å²) < 4.78 is 11.3. The number of rotatable bonds is 3. The van der Waals surface area contributed by atoms with Crippen molar-refractivity contribution in [3.8, 4) is 22.8 Å². The van der Waals surface area contributed by atoms with Gasteiger partial charge in [-0.15, -0.1) is 11.3 Å². The summed E-state index contributed by atoms with van der Waals surface area (Å²) in [5.74, 6) is 1.53. The van der Waals surface area contributed by atoms with Gasteiger partial charge in [0.1, 0.15) is 11.5 Å². The topological polar surface area (TPSA) is 31.4 Å². The van der Waals surface area contributed by atoms with Crippen LogP contribution in [0.4, 0.5) is 0 Å². The number of nitrogens with zero attached hydrogens (tertiary/aromatic N) is 1. The van der Waals surface area contributed by atoms with Crippen LogP contribution in [0.1, 0.15) is 0 Å². The summed E-state index contributed by atoms with van der Waals surface area (Å²) in [5, 5.41) is 1.98. The molecule has 0 fully saturated rings. The Morgan fingerprint density at radius 1 is 1.25 bits per heavy atom. The van der Waals surface area contributed by atoms with Crippen LogP contribution in [0.2, 0.25) is 0 Å². The van der Waals surface area contributed by atoms with E-state index in [1.807, 2.05) is 23.6 Å². The molecule has 0 saturated heterocycles. The van der Waals surface area contributed by atoms with E-state index in [-0.39, 0.29) is 0 Å². The van der Waals surface area contributed by atoms with Gasteiger partial charge in [-0.25, -0.2) is 4.98 Å². The van der Waals surface area contributed by atoms with Gasteiger partial charge >= 0.3 is 0 Å². The number of hydrogen-bond donors (Lipinski definition) is 0. The minimum atomic E-state index is 0.761. The molecule has 2 rings (SSSR count). The van der Waals surface area contributed by atoms with Gasteiger partial charge in [-0.1, -0.05) is 0 Å². The molecule has 0 amide bonds. The van der Waals surface area contributed by atoms with Crippen LogP contribution < -0.4 is 9.47 Å². The van der Waals surface area contributed by atoms with Crippen LogP contribution in [0, 0.1) is 0 Å². The van der Waals surface area contributed by atoms with Crippen molar-refractivity contribution in [2.75, 3.05) is 14.2 Å². The van der Waals surface area contributed by atoms with Crippen molar-refractivity contribution in [2.24, 2.45) is 0 Å². The zero-order chi connectivity index (χ0) is 11.5. The average molecular weight is 300 g/mol. The summed E-state index contributed by atoms with van der Waals surface area (Å²) in [5.41, 5.74) is 1.86. The molecule has 0 aliphatic carbocycles. The zero-order valence-corrected chi connectivity index (χ0v) is 11.3. The van der Waals surface area contributed by atoms with Crippen LogP contribution in [-0.2, 0) is 0 Å². The minimum Gasteiger partial charge on any atom is -0.497 e. The summed E-state index contributed by atoms with van der Waals surface area (Å²) >= 11 is 4.89. The molecule has 1 aromatic heterocycles. The van der Waals surface area contributed by atoms with Crippen molar-refractivity contribution in [3.05, 3.63) is 27.5 Å². The van der Waals surface area contributed by atoms with Gasteiger partial charge in [0.2, 0.25) is 0 Å². The number of hydrogen-bond acceptors (Lipinski definition) is 4. The first-order chi connectivity index (χ1) is 7.74. The molecule has 0 aliphatic heterocycles. The Morgan fingerprint density at radius 2 is 2.06 bits per heavy atom. The smallest absolute Gasteiger partial charge is 0.159 e. The van der Waals surface area contributed by atoms with Crippen molar-refractivity contribution in [2.45, 2.75) is 0 Å². The molecule has 0 N–H and O–H groups in total. The van der Waals surface area contributed by atoms with Gasteiger partial charge in [-0.2, -0.15) is 0 Å². The Labute approximate surface area is 106 Å². The largest absolute Gasteiger partial charge is 0.497 e. The van der Waals surface area contributed by atoms with Crippen molar-refractivity contribution in [1.82, 2.24) is 4.98 Å². The molecule has 0 saturated carbocycles. The maximum atomic E-state index is 5.32. The molecular formula is C11H10BrNO2S. The molecular weight excluding hydrogens is 290 g/mol. The Balaban J connectivity index is 2.48. The third-order valence-corrected chi connectivity index (χ3v) is 3.53. The summed E-state index contributed by atoms with van der Waals surface area (Å²) in [7, 11) is 3.27. The molecule has 0 radical (unpaired) electrons. The van der Waals surface area contributed by atoms with E-state index in [1.165, 1.54) is 0 Å². The molecule has 0 unspecified atom stereocenters. The van der Waals surface area contributed by atoms with E-state index in [9.17, 15) is 0 Å². The van der Waals surface area contributed by atoms with Gasteiger partial charge in [0, 0.05) is 17.0 Å². The third kappa shape index (κ3) is 2.20. The van der Waals surface area contributed by atoms with Crippen LogP contribution in [0.15, 0.2) is 27.5 Å². The molecule has 1 heterocycles. The Kier molecular flexibility index (Phi) is 3.46. The maximum absolute atomic E-state index is 5.32. The SMILES string of the molecule is COc1ccc(-c2csc(Br)n2)c(OC)c1. The minimum absolute atomic E-state index is 0.761. The first-order valence-corrected chi connectivity index (χ1v) is 6.25. The Bertz CT molecular complexity index is 498. The summed E-state index contributed by atoms with van der Waals surface area (Å²) in [6.45, 7) is 0. The molecule has 3 nitrogen and oxygen atoms in total. The standard InChI is InChI=1S/C11H10BrNO2S/c1-14-7-3-4-8(10(5-7)15-2)9-6-16-11(12)13-9/h3-6H,1-2H3. The Hall–Kier alpha value is -1.07. The second-order valence-corrected chi connectivity index (χ2v) is 5.19. The van der Waals surface area contributed by atoms with E-state index in [2.05, 4.69) is 20.9 Å². The molecule has 1 aromatic carbocycles. The van der Waals surface area contributed by atoms with Crippen molar-refractivity contribution in [1.29, 1.82) is 0 Å². The first-order valence-electron chi connectivity index (χ1n) is 4.58. The van der Waals surface area contributed by atoms with Crippen LogP contribution >= 0.6 is 27.3 Å². The van der Waals surface area contributed by atoms with Crippen LogP contribution in [-0.4, -0.2) is 19.2 Å². The summed E-state index contributed by atoms with van der Waals surface area (Å²) in [4.78, 5) is 4.36. The fraction of sp³-hybridized carbons (Fsp3) is 0.182. The lowest BCUT2D eigenvalue weighted by molar-refractivity contribution is 0.395. The van der Waals surface area contributed by atoms with Crippen molar-refractivity contribution in [3.63, 3.8) is 0 Å². The zero-order valence-electron chi connectivity index (χ0n) is 8.86. The van der Waals surface area contributed by atoms with Gasteiger partial charge in [0.15, 0.2) is 3.92 Å². The predicted molar refractivity (Wildman–Crippen MR) is 68.4 cm³/mol. The van der Waals surface area contributed by atoms with Gasteiger partial charge in [0.05, 0.1) is 19.9 Å². The first kappa shape index (κ1) is 11.4. The highest BCUT2D eigenvalue weighted by molar-refractivity contribution is 9.11. The fourth-order valence-corrected chi connectivity index (χ4v) is 2.40. The lowest BCUT2D eigenvalue weighted by Crippen LogP contribution is -1.90. The number of benzene rings is 1. The molecule has 0 atom stereocenters. The summed E-state index contributed by atoms with van der Waals surface area (Å²) in [6, 6.07) is 5.69. The lowest BCUT2D eigenvalue weighted by atomic mass is 10.1. The van der Waals surface area contributed by atoms with Gasteiger partial charge in [0.25, 0.3) is 0 Å². The Morgan fingerprint density at radius 3 is 2.62 bits per heavy atom. The van der Waals surface area contributed by atoms with Crippen LogP contribution in [0.25, 0.3) is 11.3 Å². The number of halogens is 1.